The monoisotopic (exact) mass is 455 g/mol. The second-order valence-electron chi connectivity index (χ2n) is 8.51. The minimum atomic E-state index is -0.728. The highest BCUT2D eigenvalue weighted by Crippen LogP contribution is 2.26. The van der Waals surface area contributed by atoms with E-state index in [4.69, 9.17) is 9.47 Å². The van der Waals surface area contributed by atoms with Gasteiger partial charge >= 0.3 is 5.97 Å². The number of pyridine rings is 1. The molecular formula is C27H25N3O4. The van der Waals surface area contributed by atoms with Crippen molar-refractivity contribution in [3.05, 3.63) is 78.6 Å². The Hall–Kier alpha value is -4.26. The van der Waals surface area contributed by atoms with E-state index >= 15 is 0 Å². The number of aromatic amines is 1. The van der Waals surface area contributed by atoms with Gasteiger partial charge in [-0.25, -0.2) is 4.98 Å². The van der Waals surface area contributed by atoms with E-state index in [1.165, 1.54) is 7.11 Å². The van der Waals surface area contributed by atoms with Crippen LogP contribution in [-0.4, -0.2) is 40.9 Å². The molecule has 0 amide bonds. The number of rotatable bonds is 8. The third-order valence-electron chi connectivity index (χ3n) is 5.43. The summed E-state index contributed by atoms with van der Waals surface area (Å²) in [4.78, 5) is 35.1. The largest absolute Gasteiger partial charge is 0.492 e. The normalized spacial score (nSPS) is 11.1. The predicted molar refractivity (Wildman–Crippen MR) is 129 cm³/mol. The Labute approximate surface area is 197 Å². The molecule has 172 valence electrons. The Balaban J connectivity index is 1.44. The number of aldehydes is 1. The van der Waals surface area contributed by atoms with Crippen LogP contribution in [0.25, 0.3) is 33.9 Å². The number of benzene rings is 2. The lowest BCUT2D eigenvalue weighted by Gasteiger charge is -2.21. The van der Waals surface area contributed by atoms with E-state index < -0.39 is 5.41 Å². The Kier molecular flexibility index (Phi) is 6.54. The molecule has 0 aliphatic heterocycles. The van der Waals surface area contributed by atoms with Gasteiger partial charge < -0.3 is 14.5 Å². The van der Waals surface area contributed by atoms with Crippen molar-refractivity contribution in [2.75, 3.05) is 13.7 Å². The smallest absolute Gasteiger partial charge is 0.314 e. The number of ether oxygens (including phenoxy) is 2. The van der Waals surface area contributed by atoms with Crippen LogP contribution in [0.5, 0.6) is 5.75 Å². The molecule has 2 heterocycles. The summed E-state index contributed by atoms with van der Waals surface area (Å²) in [5.41, 5.74) is 4.22. The summed E-state index contributed by atoms with van der Waals surface area (Å²) in [6.45, 7) is 3.78. The molecule has 0 bridgehead atoms. The molecule has 0 unspecified atom stereocenters. The summed E-state index contributed by atoms with van der Waals surface area (Å²) >= 11 is 0. The first kappa shape index (κ1) is 22.9. The summed E-state index contributed by atoms with van der Waals surface area (Å²) < 4.78 is 10.6. The maximum Gasteiger partial charge on any atom is 0.314 e. The van der Waals surface area contributed by atoms with Crippen molar-refractivity contribution in [2.45, 2.75) is 13.8 Å². The molecule has 34 heavy (non-hydrogen) atoms. The molecule has 0 aliphatic carbocycles. The Morgan fingerprint density at radius 3 is 2.41 bits per heavy atom. The van der Waals surface area contributed by atoms with Crippen LogP contribution < -0.4 is 4.74 Å². The zero-order chi connectivity index (χ0) is 24.1. The van der Waals surface area contributed by atoms with Crippen LogP contribution in [0.4, 0.5) is 0 Å². The van der Waals surface area contributed by atoms with Gasteiger partial charge in [0.15, 0.2) is 0 Å². The molecule has 4 aromatic rings. The summed E-state index contributed by atoms with van der Waals surface area (Å²) in [6.07, 6.45) is 4.33. The zero-order valence-corrected chi connectivity index (χ0v) is 19.2. The number of H-pyrrole nitrogens is 1. The van der Waals surface area contributed by atoms with E-state index in [0.717, 1.165) is 34.4 Å². The van der Waals surface area contributed by atoms with Crippen molar-refractivity contribution >= 4 is 12.3 Å². The first-order valence-corrected chi connectivity index (χ1v) is 10.8. The fourth-order valence-electron chi connectivity index (χ4n) is 3.42. The molecule has 7 heteroatoms. The second kappa shape index (κ2) is 9.70. The fraction of sp³-hybridized carbons (Fsp3) is 0.185. The van der Waals surface area contributed by atoms with Crippen LogP contribution in [0.15, 0.2) is 73.1 Å². The lowest BCUT2D eigenvalue weighted by molar-refractivity contribution is -0.152. The highest BCUT2D eigenvalue weighted by molar-refractivity contribution is 5.78. The van der Waals surface area contributed by atoms with Gasteiger partial charge in [0, 0.05) is 28.5 Å². The van der Waals surface area contributed by atoms with Crippen molar-refractivity contribution in [3.63, 3.8) is 0 Å². The molecule has 2 aromatic carbocycles. The van der Waals surface area contributed by atoms with Crippen molar-refractivity contribution in [1.82, 2.24) is 15.0 Å². The van der Waals surface area contributed by atoms with Gasteiger partial charge in [0.1, 0.15) is 24.5 Å². The van der Waals surface area contributed by atoms with Crippen LogP contribution in [0.3, 0.4) is 0 Å². The van der Waals surface area contributed by atoms with Crippen LogP contribution >= 0.6 is 0 Å². The second-order valence-corrected chi connectivity index (χ2v) is 8.51. The van der Waals surface area contributed by atoms with Crippen molar-refractivity contribution in [3.8, 4) is 39.7 Å². The van der Waals surface area contributed by atoms with Crippen LogP contribution in [0.2, 0.25) is 0 Å². The third-order valence-corrected chi connectivity index (χ3v) is 5.43. The molecular weight excluding hydrogens is 430 g/mol. The number of aromatic nitrogens is 3. The molecule has 0 saturated carbocycles. The topological polar surface area (TPSA) is 94.2 Å². The first-order valence-electron chi connectivity index (χ1n) is 10.8. The summed E-state index contributed by atoms with van der Waals surface area (Å²) in [5, 5.41) is 0. The predicted octanol–water partition coefficient (Wildman–Crippen LogP) is 5.20. The molecule has 0 aliphatic rings. The van der Waals surface area contributed by atoms with Gasteiger partial charge in [0.05, 0.1) is 30.1 Å². The molecule has 2 aromatic heterocycles. The van der Waals surface area contributed by atoms with Crippen LogP contribution in [-0.2, 0) is 9.53 Å². The van der Waals surface area contributed by atoms with Gasteiger partial charge in [-0.05, 0) is 56.3 Å². The van der Waals surface area contributed by atoms with E-state index in [0.29, 0.717) is 17.1 Å². The fourth-order valence-corrected chi connectivity index (χ4v) is 3.42. The Morgan fingerprint density at radius 2 is 1.74 bits per heavy atom. The van der Waals surface area contributed by atoms with Crippen molar-refractivity contribution < 1.29 is 19.1 Å². The molecule has 0 fully saturated rings. The number of imidazole rings is 1. The number of hydrogen-bond donors (Lipinski definition) is 1. The molecule has 1 N–H and O–H groups in total. The van der Waals surface area contributed by atoms with Gasteiger partial charge in [-0.2, -0.15) is 0 Å². The number of nitrogens with zero attached hydrogens (tertiary/aromatic N) is 2. The van der Waals surface area contributed by atoms with E-state index in [9.17, 15) is 9.59 Å². The van der Waals surface area contributed by atoms with Gasteiger partial charge in [0.2, 0.25) is 0 Å². The molecule has 0 radical (unpaired) electrons. The highest BCUT2D eigenvalue weighted by Gasteiger charge is 2.29. The van der Waals surface area contributed by atoms with E-state index in [1.807, 2.05) is 54.6 Å². The SMILES string of the molecule is COC(=O)C(C)(C)COc1ccc(-c2ccc(-c3ncc(-c4cccc(C=O)c4)[nH]3)cn2)cc1. The Bertz CT molecular complexity index is 1290. The van der Waals surface area contributed by atoms with Gasteiger partial charge in [-0.3, -0.25) is 14.6 Å². The number of nitrogens with one attached hydrogen (secondary N) is 1. The lowest BCUT2D eigenvalue weighted by Crippen LogP contribution is -2.32. The van der Waals surface area contributed by atoms with E-state index in [2.05, 4.69) is 15.0 Å². The lowest BCUT2D eigenvalue weighted by atomic mass is 9.95. The van der Waals surface area contributed by atoms with Gasteiger partial charge in [-0.15, -0.1) is 0 Å². The molecule has 0 atom stereocenters. The standard InChI is InChI=1S/C27H25N3O4/c1-27(2,26(32)33-3)17-34-22-10-7-19(8-11-22)23-12-9-21(14-28-23)25-29-15-24(30-25)20-6-4-5-18(13-20)16-31/h4-16H,17H2,1-3H3,(H,29,30). The van der Waals surface area contributed by atoms with Crippen molar-refractivity contribution in [2.24, 2.45) is 5.41 Å². The van der Waals surface area contributed by atoms with Crippen molar-refractivity contribution in [1.29, 1.82) is 0 Å². The minimum Gasteiger partial charge on any atom is -0.492 e. The molecule has 4 rings (SSSR count). The van der Waals surface area contributed by atoms with Crippen LogP contribution in [0.1, 0.15) is 24.2 Å². The summed E-state index contributed by atoms with van der Waals surface area (Å²) in [6, 6.07) is 18.8. The first-order chi connectivity index (χ1) is 16.4. The average molecular weight is 456 g/mol. The number of esters is 1. The maximum atomic E-state index is 11.8. The van der Waals surface area contributed by atoms with Gasteiger partial charge in [-0.1, -0.05) is 18.2 Å². The third kappa shape index (κ3) is 5.04. The quantitative estimate of drug-likeness (QED) is 0.290. The van der Waals surface area contributed by atoms with E-state index in [1.54, 1.807) is 32.3 Å². The average Bonchev–Trinajstić information content (AvgIpc) is 3.38. The molecule has 0 saturated heterocycles. The number of methoxy groups -OCH3 is 1. The van der Waals surface area contributed by atoms with E-state index in [-0.39, 0.29) is 12.6 Å². The molecule has 7 nitrogen and oxygen atoms in total. The van der Waals surface area contributed by atoms with Crippen LogP contribution in [0, 0.1) is 5.41 Å². The minimum absolute atomic E-state index is 0.219. The maximum absolute atomic E-state index is 11.8. The number of hydrogen-bond acceptors (Lipinski definition) is 6. The summed E-state index contributed by atoms with van der Waals surface area (Å²) in [5.74, 6) is 1.05. The Morgan fingerprint density at radius 1 is 0.971 bits per heavy atom. The number of carbonyl (C=O) groups is 2. The number of carbonyl (C=O) groups excluding carboxylic acids is 2. The van der Waals surface area contributed by atoms with Gasteiger partial charge in [0.25, 0.3) is 0 Å². The summed E-state index contributed by atoms with van der Waals surface area (Å²) in [7, 11) is 1.37. The highest BCUT2D eigenvalue weighted by atomic mass is 16.5. The zero-order valence-electron chi connectivity index (χ0n) is 19.2. The molecule has 0 spiro atoms.